The van der Waals surface area contributed by atoms with Crippen molar-refractivity contribution in [3.8, 4) is 0 Å². The van der Waals surface area contributed by atoms with E-state index in [1.165, 1.54) is 6.92 Å². The lowest BCUT2D eigenvalue weighted by molar-refractivity contribution is -0.169. The van der Waals surface area contributed by atoms with E-state index in [0.717, 1.165) is 25.7 Å². The van der Waals surface area contributed by atoms with Crippen LogP contribution in [0.2, 0.25) is 0 Å². The van der Waals surface area contributed by atoms with Crippen LogP contribution in [0.3, 0.4) is 0 Å². The van der Waals surface area contributed by atoms with E-state index in [4.69, 9.17) is 4.74 Å². The molecule has 1 aliphatic carbocycles. The maximum absolute atomic E-state index is 12.2. The van der Waals surface area contributed by atoms with Crippen molar-refractivity contribution in [3.05, 3.63) is 11.8 Å². The summed E-state index contributed by atoms with van der Waals surface area (Å²) in [6.45, 7) is 5.08. The monoisotopic (exact) mass is 312 g/mol. The van der Waals surface area contributed by atoms with Gasteiger partial charge in [0.2, 0.25) is 0 Å². The molecule has 5 nitrogen and oxygen atoms in total. The molecule has 2 N–H and O–H groups in total. The summed E-state index contributed by atoms with van der Waals surface area (Å²) in [5, 5.41) is 20.5. The fourth-order valence-electron chi connectivity index (χ4n) is 3.21. The van der Waals surface area contributed by atoms with Gasteiger partial charge in [0.05, 0.1) is 17.8 Å². The second kappa shape index (κ2) is 8.32. The van der Waals surface area contributed by atoms with Crippen molar-refractivity contribution in [1.82, 2.24) is 0 Å². The van der Waals surface area contributed by atoms with Crippen molar-refractivity contribution in [2.75, 3.05) is 0 Å². The van der Waals surface area contributed by atoms with Gasteiger partial charge in [-0.2, -0.15) is 0 Å². The van der Waals surface area contributed by atoms with Gasteiger partial charge in [-0.25, -0.2) is 0 Å². The molecular weight excluding hydrogens is 284 g/mol. The Hall–Kier alpha value is -1.36. The first-order chi connectivity index (χ1) is 10.4. The van der Waals surface area contributed by atoms with Gasteiger partial charge in [0.25, 0.3) is 0 Å². The first-order valence-electron chi connectivity index (χ1n) is 8.19. The zero-order valence-corrected chi connectivity index (χ0v) is 13.8. The predicted molar refractivity (Wildman–Crippen MR) is 83.4 cm³/mol. The van der Waals surface area contributed by atoms with Gasteiger partial charge >= 0.3 is 5.97 Å². The van der Waals surface area contributed by atoms with E-state index < -0.39 is 23.6 Å². The average Bonchev–Trinajstić information content (AvgIpc) is 2.69. The number of rotatable bonds is 8. The molecule has 0 radical (unpaired) electrons. The first kappa shape index (κ1) is 18.7. The van der Waals surface area contributed by atoms with Crippen LogP contribution in [0.5, 0.6) is 0 Å². The van der Waals surface area contributed by atoms with Crippen LogP contribution in [-0.4, -0.2) is 33.7 Å². The molecule has 1 aliphatic rings. The number of hydrogen-bond acceptors (Lipinski definition) is 5. The number of ether oxygens (including phenoxy) is 1. The van der Waals surface area contributed by atoms with E-state index in [1.807, 2.05) is 0 Å². The summed E-state index contributed by atoms with van der Waals surface area (Å²) in [4.78, 5) is 23.6. The van der Waals surface area contributed by atoms with Crippen molar-refractivity contribution in [2.45, 2.75) is 77.4 Å². The molecule has 0 bridgehead atoms. The molecule has 1 rings (SSSR count). The van der Waals surface area contributed by atoms with Crippen LogP contribution in [-0.2, 0) is 14.3 Å². The molecule has 0 saturated heterocycles. The molecule has 3 unspecified atom stereocenters. The topological polar surface area (TPSA) is 83.8 Å². The average molecular weight is 312 g/mol. The minimum absolute atomic E-state index is 0.0436. The number of carbonyl (C=O) groups excluding carboxylic acids is 2. The minimum Gasteiger partial charge on any atom is -0.512 e. The third-order valence-corrected chi connectivity index (χ3v) is 4.33. The summed E-state index contributed by atoms with van der Waals surface area (Å²) in [7, 11) is 0. The highest BCUT2D eigenvalue weighted by molar-refractivity contribution is 5.93. The Bertz CT molecular complexity index is 429. The Kier molecular flexibility index (Phi) is 7.07. The van der Waals surface area contributed by atoms with Gasteiger partial charge < -0.3 is 14.9 Å². The molecule has 3 atom stereocenters. The van der Waals surface area contributed by atoms with Gasteiger partial charge in [0.1, 0.15) is 0 Å². The minimum atomic E-state index is -1.44. The molecule has 0 aromatic rings. The molecule has 1 saturated carbocycles. The number of aliphatic hydroxyl groups excluding tert-OH is 2. The Morgan fingerprint density at radius 2 is 2.05 bits per heavy atom. The quantitative estimate of drug-likeness (QED) is 0.409. The molecule has 0 amide bonds. The highest BCUT2D eigenvalue weighted by Gasteiger charge is 2.58. The van der Waals surface area contributed by atoms with E-state index in [9.17, 15) is 19.8 Å². The molecule has 126 valence electrons. The summed E-state index contributed by atoms with van der Waals surface area (Å²) in [6.07, 6.45) is 5.76. The molecule has 0 spiro atoms. The van der Waals surface area contributed by atoms with Crippen LogP contribution < -0.4 is 0 Å². The summed E-state index contributed by atoms with van der Waals surface area (Å²) < 4.78 is 5.26. The van der Waals surface area contributed by atoms with Gasteiger partial charge in [-0.1, -0.05) is 33.1 Å². The Morgan fingerprint density at radius 1 is 1.36 bits per heavy atom. The van der Waals surface area contributed by atoms with Crippen molar-refractivity contribution in [1.29, 1.82) is 0 Å². The van der Waals surface area contributed by atoms with E-state index in [1.54, 1.807) is 13.0 Å². The molecule has 1 fully saturated rings. The highest BCUT2D eigenvalue weighted by Crippen LogP contribution is 2.42. The molecule has 5 heteroatoms. The molecule has 22 heavy (non-hydrogen) atoms. The summed E-state index contributed by atoms with van der Waals surface area (Å²) in [5.74, 6) is -1.81. The molecule has 0 aliphatic heterocycles. The third-order valence-electron chi connectivity index (χ3n) is 4.33. The Morgan fingerprint density at radius 3 is 2.59 bits per heavy atom. The van der Waals surface area contributed by atoms with E-state index >= 15 is 0 Å². The number of allylic oxidation sites excluding steroid dienone is 1. The van der Waals surface area contributed by atoms with Gasteiger partial charge in [-0.05, 0) is 25.3 Å². The normalized spacial score (nSPS) is 28.9. The van der Waals surface area contributed by atoms with E-state index in [0.29, 0.717) is 6.42 Å². The first-order valence-corrected chi connectivity index (χ1v) is 8.19. The van der Waals surface area contributed by atoms with E-state index in [-0.39, 0.29) is 24.4 Å². The maximum Gasteiger partial charge on any atom is 0.303 e. The fraction of sp³-hybridized carbons (Fsp3) is 0.765. The fourth-order valence-corrected chi connectivity index (χ4v) is 3.21. The predicted octanol–water partition coefficient (Wildman–Crippen LogP) is 3.06. The molecular formula is C17H28O5. The van der Waals surface area contributed by atoms with Crippen LogP contribution in [0.15, 0.2) is 11.8 Å². The van der Waals surface area contributed by atoms with Crippen LogP contribution in [0, 0.1) is 5.92 Å². The van der Waals surface area contributed by atoms with Crippen LogP contribution in [0.25, 0.3) is 0 Å². The lowest BCUT2D eigenvalue weighted by Crippen LogP contribution is -2.46. The summed E-state index contributed by atoms with van der Waals surface area (Å²) in [5.41, 5.74) is -1.44. The van der Waals surface area contributed by atoms with E-state index in [2.05, 4.69) is 6.92 Å². The van der Waals surface area contributed by atoms with Crippen molar-refractivity contribution in [2.24, 2.45) is 5.92 Å². The lowest BCUT2D eigenvalue weighted by Gasteiger charge is -2.32. The second-order valence-corrected chi connectivity index (χ2v) is 5.99. The number of esters is 1. The number of hydrogen-bond donors (Lipinski definition) is 2. The third kappa shape index (κ3) is 4.09. The molecule has 0 heterocycles. The van der Waals surface area contributed by atoms with Crippen molar-refractivity contribution >= 4 is 11.8 Å². The largest absolute Gasteiger partial charge is 0.512 e. The van der Waals surface area contributed by atoms with Crippen LogP contribution in [0.4, 0.5) is 0 Å². The van der Waals surface area contributed by atoms with Crippen molar-refractivity contribution in [3.63, 3.8) is 0 Å². The zero-order chi connectivity index (χ0) is 16.8. The molecule has 0 aromatic carbocycles. The lowest BCUT2D eigenvalue weighted by atomic mass is 9.84. The van der Waals surface area contributed by atoms with Gasteiger partial charge in [-0.3, -0.25) is 9.59 Å². The standard InChI is InChI=1S/C17H28O5/c1-4-6-7-8-9-10-13(19)16-14(20)11-15(21)17(16,5-2)22-12(3)18/h10,14,16,19-20H,4-9,11H2,1-3H3/b13-10+. The number of Topliss-reactive ketones (excluding diaryl/α,β-unsaturated/α-hetero) is 1. The maximum atomic E-state index is 12.2. The van der Waals surface area contributed by atoms with Crippen LogP contribution in [0.1, 0.15) is 65.7 Å². The van der Waals surface area contributed by atoms with Crippen LogP contribution >= 0.6 is 0 Å². The number of unbranched alkanes of at least 4 members (excludes halogenated alkanes) is 4. The SMILES string of the molecule is CCCCCC/C=C(/O)C1C(O)CC(=O)C1(CC)OC(C)=O. The van der Waals surface area contributed by atoms with Gasteiger partial charge in [0.15, 0.2) is 11.4 Å². The Balaban J connectivity index is 2.89. The zero-order valence-electron chi connectivity index (χ0n) is 13.8. The van der Waals surface area contributed by atoms with Gasteiger partial charge in [-0.15, -0.1) is 0 Å². The second-order valence-electron chi connectivity index (χ2n) is 5.99. The Labute approximate surface area is 132 Å². The summed E-state index contributed by atoms with van der Waals surface area (Å²) in [6, 6.07) is 0. The molecule has 0 aromatic heterocycles. The smallest absolute Gasteiger partial charge is 0.303 e. The number of ketones is 1. The number of aliphatic hydroxyl groups is 2. The van der Waals surface area contributed by atoms with Gasteiger partial charge in [0, 0.05) is 13.3 Å². The summed E-state index contributed by atoms with van der Waals surface area (Å²) >= 11 is 0. The number of carbonyl (C=O) groups is 2. The van der Waals surface area contributed by atoms with Crippen molar-refractivity contribution < 1.29 is 24.5 Å². The highest BCUT2D eigenvalue weighted by atomic mass is 16.6.